The van der Waals surface area contributed by atoms with Gasteiger partial charge in [-0.3, -0.25) is 4.79 Å². The first-order valence-electron chi connectivity index (χ1n) is 9.84. The van der Waals surface area contributed by atoms with E-state index in [4.69, 9.17) is 4.74 Å². The van der Waals surface area contributed by atoms with Crippen molar-refractivity contribution in [3.05, 3.63) is 83.9 Å². The molecule has 2 fully saturated rings. The number of esters is 1. The minimum atomic E-state index is -0.537. The Balaban J connectivity index is 1.37. The molecule has 0 radical (unpaired) electrons. The van der Waals surface area contributed by atoms with Crippen LogP contribution in [0.2, 0.25) is 0 Å². The van der Waals surface area contributed by atoms with E-state index in [2.05, 4.69) is 0 Å². The third-order valence-corrected chi connectivity index (χ3v) is 7.47. The predicted octanol–water partition coefficient (Wildman–Crippen LogP) is 4.47. The quantitative estimate of drug-likeness (QED) is 0.603. The molecule has 2 aliphatic rings. The number of amides is 1. The molecule has 2 saturated heterocycles. The Kier molecular flexibility index (Phi) is 4.55. The fourth-order valence-corrected chi connectivity index (χ4v) is 6.12. The second-order valence-corrected chi connectivity index (χ2v) is 8.78. The molecule has 5 heteroatoms. The van der Waals surface area contributed by atoms with Gasteiger partial charge in [-0.1, -0.05) is 72.8 Å². The number of hydrogen-bond acceptors (Lipinski definition) is 4. The molecule has 0 N–H and O–H groups in total. The van der Waals surface area contributed by atoms with E-state index in [-0.39, 0.29) is 18.5 Å². The highest BCUT2D eigenvalue weighted by Gasteiger charge is 2.57. The van der Waals surface area contributed by atoms with E-state index in [9.17, 15) is 9.59 Å². The molecule has 2 atom stereocenters. The van der Waals surface area contributed by atoms with Gasteiger partial charge in [-0.2, -0.15) is 0 Å². The maximum Gasteiger partial charge on any atom is 0.330 e. The highest BCUT2D eigenvalue weighted by atomic mass is 32.2. The van der Waals surface area contributed by atoms with E-state index >= 15 is 0 Å². The van der Waals surface area contributed by atoms with Crippen LogP contribution in [0.3, 0.4) is 0 Å². The summed E-state index contributed by atoms with van der Waals surface area (Å²) in [4.78, 5) is 27.0. The van der Waals surface area contributed by atoms with Crippen LogP contribution >= 0.6 is 11.8 Å². The Morgan fingerprint density at radius 3 is 2.66 bits per heavy atom. The standard InChI is InChI=1S/C24H21NO3S/c26-22-13-14-24(19-10-2-1-3-11-19)25(22)21(16-29-24)23(27)28-15-18-9-6-8-17-7-4-5-12-20(17)18/h1-12,21H,13-16H2/t21-,24+/m0/s1. The zero-order chi connectivity index (χ0) is 19.8. The summed E-state index contributed by atoms with van der Waals surface area (Å²) < 4.78 is 5.71. The van der Waals surface area contributed by atoms with Crippen LogP contribution in [-0.2, 0) is 25.8 Å². The molecule has 5 rings (SSSR count). The van der Waals surface area contributed by atoms with E-state index in [1.54, 1.807) is 16.7 Å². The number of fused-ring (bicyclic) bond motifs is 2. The maximum atomic E-state index is 13.0. The molecule has 1 amide bonds. The van der Waals surface area contributed by atoms with Gasteiger partial charge < -0.3 is 9.64 Å². The molecule has 2 heterocycles. The number of carbonyl (C=O) groups is 2. The summed E-state index contributed by atoms with van der Waals surface area (Å²) in [5, 5.41) is 2.20. The van der Waals surface area contributed by atoms with Gasteiger partial charge in [-0.25, -0.2) is 4.79 Å². The fraction of sp³-hybridized carbons (Fsp3) is 0.250. The molecule has 29 heavy (non-hydrogen) atoms. The normalized spacial score (nSPS) is 23.4. The minimum Gasteiger partial charge on any atom is -0.459 e. The lowest BCUT2D eigenvalue weighted by Crippen LogP contribution is -2.46. The van der Waals surface area contributed by atoms with Gasteiger partial charge in [0, 0.05) is 12.2 Å². The molecule has 146 valence electrons. The molecule has 0 aromatic heterocycles. The monoisotopic (exact) mass is 403 g/mol. The van der Waals surface area contributed by atoms with Gasteiger partial charge in [0.1, 0.15) is 17.5 Å². The Morgan fingerprint density at radius 2 is 1.79 bits per heavy atom. The van der Waals surface area contributed by atoms with Crippen LogP contribution in [0.1, 0.15) is 24.0 Å². The van der Waals surface area contributed by atoms with E-state index < -0.39 is 10.9 Å². The molecular weight excluding hydrogens is 382 g/mol. The molecule has 4 nitrogen and oxygen atoms in total. The second-order valence-electron chi connectivity index (χ2n) is 7.49. The SMILES string of the molecule is O=C(OCc1cccc2ccccc12)[C@@H]1CS[C@@]2(c3ccccc3)CCC(=O)N12. The van der Waals surface area contributed by atoms with Crippen LogP contribution in [0.25, 0.3) is 10.8 Å². The van der Waals surface area contributed by atoms with Gasteiger partial charge in [-0.05, 0) is 28.3 Å². The lowest BCUT2D eigenvalue weighted by atomic mass is 10.0. The smallest absolute Gasteiger partial charge is 0.330 e. The molecule has 0 saturated carbocycles. The van der Waals surface area contributed by atoms with Crippen molar-refractivity contribution < 1.29 is 14.3 Å². The van der Waals surface area contributed by atoms with Crippen LogP contribution in [0.5, 0.6) is 0 Å². The van der Waals surface area contributed by atoms with Crippen LogP contribution < -0.4 is 0 Å². The van der Waals surface area contributed by atoms with Crippen LogP contribution in [0, 0.1) is 0 Å². The van der Waals surface area contributed by atoms with Crippen molar-refractivity contribution in [3.8, 4) is 0 Å². The third kappa shape index (κ3) is 3.01. The molecule has 0 bridgehead atoms. The summed E-state index contributed by atoms with van der Waals surface area (Å²) in [6.45, 7) is 0.210. The number of nitrogens with zero attached hydrogens (tertiary/aromatic N) is 1. The summed E-state index contributed by atoms with van der Waals surface area (Å²) in [6, 6.07) is 23.6. The van der Waals surface area contributed by atoms with Crippen LogP contribution in [0.15, 0.2) is 72.8 Å². The van der Waals surface area contributed by atoms with Crippen molar-refractivity contribution in [1.82, 2.24) is 4.90 Å². The minimum absolute atomic E-state index is 0.0333. The summed E-state index contributed by atoms with van der Waals surface area (Å²) in [6.07, 6.45) is 1.20. The second kappa shape index (κ2) is 7.23. The average molecular weight is 404 g/mol. The van der Waals surface area contributed by atoms with Crippen LogP contribution in [-0.4, -0.2) is 28.6 Å². The van der Waals surface area contributed by atoms with Crippen molar-refractivity contribution in [2.24, 2.45) is 0 Å². The Bertz CT molecular complexity index is 1080. The first-order chi connectivity index (χ1) is 14.2. The number of hydrogen-bond donors (Lipinski definition) is 0. The molecule has 0 unspecified atom stereocenters. The number of carbonyl (C=O) groups excluding carboxylic acids is 2. The molecule has 0 spiro atoms. The lowest BCUT2D eigenvalue weighted by molar-refractivity contribution is -0.155. The van der Waals surface area contributed by atoms with E-state index in [1.165, 1.54) is 0 Å². The largest absolute Gasteiger partial charge is 0.459 e. The predicted molar refractivity (Wildman–Crippen MR) is 114 cm³/mol. The van der Waals surface area contributed by atoms with Crippen molar-refractivity contribution in [2.75, 3.05) is 5.75 Å². The average Bonchev–Trinajstić information content (AvgIpc) is 3.32. The summed E-state index contributed by atoms with van der Waals surface area (Å²) in [5.41, 5.74) is 2.06. The lowest BCUT2D eigenvalue weighted by Gasteiger charge is -2.33. The first kappa shape index (κ1) is 18.3. The molecule has 0 aliphatic carbocycles. The Morgan fingerprint density at radius 1 is 1.03 bits per heavy atom. The molecule has 3 aromatic rings. The highest BCUT2D eigenvalue weighted by molar-refractivity contribution is 8.00. The number of benzene rings is 3. The van der Waals surface area contributed by atoms with Crippen molar-refractivity contribution in [2.45, 2.75) is 30.4 Å². The van der Waals surface area contributed by atoms with Gasteiger partial charge in [0.25, 0.3) is 0 Å². The van der Waals surface area contributed by atoms with Gasteiger partial charge >= 0.3 is 5.97 Å². The summed E-state index contributed by atoms with van der Waals surface area (Å²) >= 11 is 1.68. The van der Waals surface area contributed by atoms with Gasteiger partial charge in [0.15, 0.2) is 0 Å². The van der Waals surface area contributed by atoms with E-state index in [1.807, 2.05) is 72.8 Å². The topological polar surface area (TPSA) is 46.6 Å². The number of thioether (sulfide) groups is 1. The van der Waals surface area contributed by atoms with Crippen molar-refractivity contribution in [1.29, 1.82) is 0 Å². The molecule has 3 aromatic carbocycles. The van der Waals surface area contributed by atoms with E-state index in [0.29, 0.717) is 12.2 Å². The van der Waals surface area contributed by atoms with Crippen molar-refractivity contribution >= 4 is 34.4 Å². The fourth-order valence-electron chi connectivity index (χ4n) is 4.48. The van der Waals surface area contributed by atoms with Gasteiger partial charge in [0.2, 0.25) is 5.91 Å². The van der Waals surface area contributed by atoms with Crippen molar-refractivity contribution in [3.63, 3.8) is 0 Å². The zero-order valence-electron chi connectivity index (χ0n) is 15.9. The molecular formula is C24H21NO3S. The van der Waals surface area contributed by atoms with E-state index in [0.717, 1.165) is 28.3 Å². The Labute approximate surface area is 173 Å². The Hall–Kier alpha value is -2.79. The van der Waals surface area contributed by atoms with Gasteiger partial charge in [-0.15, -0.1) is 11.8 Å². The number of rotatable bonds is 4. The zero-order valence-corrected chi connectivity index (χ0v) is 16.7. The third-order valence-electron chi connectivity index (χ3n) is 5.87. The first-order valence-corrected chi connectivity index (χ1v) is 10.8. The molecule has 2 aliphatic heterocycles. The summed E-state index contributed by atoms with van der Waals surface area (Å²) in [5.74, 6) is 0.277. The number of ether oxygens (including phenoxy) is 1. The van der Waals surface area contributed by atoms with Gasteiger partial charge in [0.05, 0.1) is 0 Å². The van der Waals surface area contributed by atoms with Crippen LogP contribution in [0.4, 0.5) is 0 Å². The highest BCUT2D eigenvalue weighted by Crippen LogP contribution is 2.54. The maximum absolute atomic E-state index is 13.0. The summed E-state index contributed by atoms with van der Waals surface area (Å²) in [7, 11) is 0.